The van der Waals surface area contributed by atoms with E-state index in [0.29, 0.717) is 0 Å². The van der Waals surface area contributed by atoms with Crippen molar-refractivity contribution in [3.63, 3.8) is 0 Å². The van der Waals surface area contributed by atoms with Crippen LogP contribution in [0.1, 0.15) is 16.7 Å². The fourth-order valence-electron chi connectivity index (χ4n) is 1.67. The molecule has 18 heavy (non-hydrogen) atoms. The quantitative estimate of drug-likeness (QED) is 0.460. The highest BCUT2D eigenvalue weighted by Gasteiger charge is 2.02. The highest BCUT2D eigenvalue weighted by molar-refractivity contribution is 5.71. The van der Waals surface area contributed by atoms with Crippen LogP contribution in [0.15, 0.2) is 48.5 Å². The van der Waals surface area contributed by atoms with E-state index in [-0.39, 0.29) is 5.69 Å². The van der Waals surface area contributed by atoms with Gasteiger partial charge in [0, 0.05) is 12.1 Å². The lowest BCUT2D eigenvalue weighted by atomic mass is 10.1. The van der Waals surface area contributed by atoms with Gasteiger partial charge in [0.2, 0.25) is 0 Å². The second-order valence-electron chi connectivity index (χ2n) is 4.04. The van der Waals surface area contributed by atoms with Gasteiger partial charge in [-0.2, -0.15) is 0 Å². The first-order chi connectivity index (χ1) is 8.66. The number of nitrogens with zero attached hydrogens (tertiary/aromatic N) is 1. The summed E-state index contributed by atoms with van der Waals surface area (Å²) < 4.78 is 0. The molecule has 0 fully saturated rings. The molecule has 0 unspecified atom stereocenters. The third-order valence-corrected chi connectivity index (χ3v) is 2.75. The molecule has 2 aromatic rings. The Hall–Kier alpha value is -2.42. The Morgan fingerprint density at radius 3 is 2.28 bits per heavy atom. The summed E-state index contributed by atoms with van der Waals surface area (Å²) in [5.74, 6) is 0. The van der Waals surface area contributed by atoms with E-state index in [1.807, 2.05) is 30.4 Å². The molecule has 0 saturated heterocycles. The van der Waals surface area contributed by atoms with Gasteiger partial charge in [0.05, 0.1) is 4.92 Å². The molecule has 0 bridgehead atoms. The number of benzene rings is 2. The van der Waals surface area contributed by atoms with Crippen molar-refractivity contribution in [1.82, 2.24) is 0 Å². The number of aryl methyl sites for hydroxylation is 1. The highest BCUT2D eigenvalue weighted by atomic mass is 16.6. The molecule has 0 atom stereocenters. The van der Waals surface area contributed by atoms with Gasteiger partial charge in [-0.15, -0.1) is 0 Å². The van der Waals surface area contributed by atoms with Gasteiger partial charge in [0.25, 0.3) is 5.69 Å². The van der Waals surface area contributed by atoms with E-state index in [2.05, 4.69) is 13.0 Å². The van der Waals surface area contributed by atoms with E-state index in [0.717, 1.165) is 11.1 Å². The lowest BCUT2D eigenvalue weighted by Gasteiger charge is -1.98. The number of nitro benzene ring substituents is 1. The standard InChI is InChI=1S/C15H13NO2/c1-12-4-2-3-5-14(12)9-6-13-7-10-15(11-8-13)16(17)18/h2-11H,1H3/b9-6-. The van der Waals surface area contributed by atoms with Gasteiger partial charge in [-0.05, 0) is 35.7 Å². The van der Waals surface area contributed by atoms with Crippen molar-refractivity contribution in [3.05, 3.63) is 75.3 Å². The van der Waals surface area contributed by atoms with Crippen LogP contribution in [0, 0.1) is 17.0 Å². The van der Waals surface area contributed by atoms with Crippen molar-refractivity contribution < 1.29 is 4.92 Å². The summed E-state index contributed by atoms with van der Waals surface area (Å²) in [5, 5.41) is 10.5. The van der Waals surface area contributed by atoms with Gasteiger partial charge < -0.3 is 0 Å². The van der Waals surface area contributed by atoms with Crippen LogP contribution in [0.5, 0.6) is 0 Å². The lowest BCUT2D eigenvalue weighted by molar-refractivity contribution is -0.384. The molecule has 0 aliphatic rings. The minimum atomic E-state index is -0.394. The molecule has 2 rings (SSSR count). The van der Waals surface area contributed by atoms with Gasteiger partial charge in [0.1, 0.15) is 0 Å². The Balaban J connectivity index is 2.19. The zero-order valence-corrected chi connectivity index (χ0v) is 10.0. The second kappa shape index (κ2) is 5.27. The molecule has 0 aliphatic carbocycles. The van der Waals surface area contributed by atoms with Crippen LogP contribution >= 0.6 is 0 Å². The molecular formula is C15H13NO2. The Labute approximate surface area is 106 Å². The zero-order valence-electron chi connectivity index (χ0n) is 10.0. The Kier molecular flexibility index (Phi) is 3.53. The fraction of sp³-hybridized carbons (Fsp3) is 0.0667. The average molecular weight is 239 g/mol. The van der Waals surface area contributed by atoms with E-state index in [1.165, 1.54) is 17.7 Å². The summed E-state index contributed by atoms with van der Waals surface area (Å²) in [6.45, 7) is 2.05. The molecule has 3 heteroatoms. The highest BCUT2D eigenvalue weighted by Crippen LogP contribution is 2.15. The SMILES string of the molecule is Cc1ccccc1/C=C\c1ccc([N+](=O)[O-])cc1. The van der Waals surface area contributed by atoms with Crippen LogP contribution in [0.4, 0.5) is 5.69 Å². The molecule has 2 aromatic carbocycles. The molecule has 3 nitrogen and oxygen atoms in total. The smallest absolute Gasteiger partial charge is 0.258 e. The van der Waals surface area contributed by atoms with E-state index in [9.17, 15) is 10.1 Å². The van der Waals surface area contributed by atoms with Crippen molar-refractivity contribution in [3.8, 4) is 0 Å². The third-order valence-electron chi connectivity index (χ3n) is 2.75. The summed E-state index contributed by atoms with van der Waals surface area (Å²) in [6, 6.07) is 14.6. The number of non-ortho nitro benzene ring substituents is 1. The second-order valence-corrected chi connectivity index (χ2v) is 4.04. The molecule has 0 radical (unpaired) electrons. The maximum Gasteiger partial charge on any atom is 0.269 e. The van der Waals surface area contributed by atoms with E-state index in [4.69, 9.17) is 0 Å². The summed E-state index contributed by atoms with van der Waals surface area (Å²) in [6.07, 6.45) is 3.96. The summed E-state index contributed by atoms with van der Waals surface area (Å²) in [5.41, 5.74) is 3.42. The number of hydrogen-bond acceptors (Lipinski definition) is 2. The van der Waals surface area contributed by atoms with E-state index in [1.54, 1.807) is 12.1 Å². The predicted molar refractivity (Wildman–Crippen MR) is 73.2 cm³/mol. The maximum atomic E-state index is 10.5. The van der Waals surface area contributed by atoms with Crippen molar-refractivity contribution >= 4 is 17.8 Å². The minimum Gasteiger partial charge on any atom is -0.258 e. The van der Waals surface area contributed by atoms with Crippen molar-refractivity contribution in [2.75, 3.05) is 0 Å². The fourth-order valence-corrected chi connectivity index (χ4v) is 1.67. The molecule has 0 aliphatic heterocycles. The monoisotopic (exact) mass is 239 g/mol. The molecule has 0 saturated carbocycles. The molecule has 0 heterocycles. The molecule has 0 amide bonds. The first-order valence-electron chi connectivity index (χ1n) is 5.65. The molecular weight excluding hydrogens is 226 g/mol. The van der Waals surface area contributed by atoms with Crippen LogP contribution < -0.4 is 0 Å². The van der Waals surface area contributed by atoms with Crippen LogP contribution in [-0.4, -0.2) is 4.92 Å². The normalized spacial score (nSPS) is 10.7. The van der Waals surface area contributed by atoms with Gasteiger partial charge in [0.15, 0.2) is 0 Å². The van der Waals surface area contributed by atoms with Gasteiger partial charge in [-0.25, -0.2) is 0 Å². The molecule has 0 spiro atoms. The number of rotatable bonds is 3. The van der Waals surface area contributed by atoms with Crippen molar-refractivity contribution in [1.29, 1.82) is 0 Å². The Bertz CT molecular complexity index is 586. The van der Waals surface area contributed by atoms with Gasteiger partial charge in [-0.1, -0.05) is 36.4 Å². The Morgan fingerprint density at radius 1 is 1.00 bits per heavy atom. The number of hydrogen-bond donors (Lipinski definition) is 0. The third kappa shape index (κ3) is 2.83. The largest absolute Gasteiger partial charge is 0.269 e. The van der Waals surface area contributed by atoms with E-state index >= 15 is 0 Å². The summed E-state index contributed by atoms with van der Waals surface area (Å²) in [7, 11) is 0. The van der Waals surface area contributed by atoms with Crippen molar-refractivity contribution in [2.24, 2.45) is 0 Å². The van der Waals surface area contributed by atoms with E-state index < -0.39 is 4.92 Å². The Morgan fingerprint density at radius 2 is 1.67 bits per heavy atom. The predicted octanol–water partition coefficient (Wildman–Crippen LogP) is 4.07. The minimum absolute atomic E-state index is 0.114. The van der Waals surface area contributed by atoms with Gasteiger partial charge in [-0.3, -0.25) is 10.1 Å². The van der Waals surface area contributed by atoms with Crippen LogP contribution in [0.3, 0.4) is 0 Å². The maximum absolute atomic E-state index is 10.5. The summed E-state index contributed by atoms with van der Waals surface area (Å²) in [4.78, 5) is 10.1. The average Bonchev–Trinajstić information content (AvgIpc) is 2.38. The zero-order chi connectivity index (χ0) is 13.0. The molecule has 0 aromatic heterocycles. The van der Waals surface area contributed by atoms with Crippen LogP contribution in [0.25, 0.3) is 12.2 Å². The molecule has 90 valence electrons. The van der Waals surface area contributed by atoms with Crippen LogP contribution in [-0.2, 0) is 0 Å². The first kappa shape index (κ1) is 12.0. The lowest BCUT2D eigenvalue weighted by Crippen LogP contribution is -1.86. The summed E-state index contributed by atoms with van der Waals surface area (Å²) >= 11 is 0. The van der Waals surface area contributed by atoms with Crippen LogP contribution in [0.2, 0.25) is 0 Å². The topological polar surface area (TPSA) is 43.1 Å². The number of nitro groups is 1. The van der Waals surface area contributed by atoms with Gasteiger partial charge >= 0.3 is 0 Å². The first-order valence-corrected chi connectivity index (χ1v) is 5.65. The van der Waals surface area contributed by atoms with Crippen molar-refractivity contribution in [2.45, 2.75) is 6.92 Å². The molecule has 0 N–H and O–H groups in total.